The highest BCUT2D eigenvalue weighted by atomic mass is 35.5. The Morgan fingerprint density at radius 1 is 1.36 bits per heavy atom. The van der Waals surface area contributed by atoms with E-state index in [2.05, 4.69) is 0 Å². The molecule has 0 aromatic heterocycles. The largest absolute Gasteiger partial charge is 0.465 e. The summed E-state index contributed by atoms with van der Waals surface area (Å²) in [4.78, 5) is 11.2. The van der Waals surface area contributed by atoms with Gasteiger partial charge >= 0.3 is 6.09 Å². The number of rotatable bonds is 2. The van der Waals surface area contributed by atoms with E-state index in [1.54, 1.807) is 38.1 Å². The Morgan fingerprint density at radius 2 is 1.86 bits per heavy atom. The first-order chi connectivity index (χ1) is 6.43. The van der Waals surface area contributed by atoms with Crippen molar-refractivity contribution in [2.75, 3.05) is 4.90 Å². The molecule has 1 amide bonds. The van der Waals surface area contributed by atoms with E-state index in [0.717, 1.165) is 4.90 Å². The van der Waals surface area contributed by atoms with Crippen LogP contribution in [0.15, 0.2) is 30.3 Å². The second-order valence-electron chi connectivity index (χ2n) is 3.36. The van der Waals surface area contributed by atoms with Crippen LogP contribution >= 0.6 is 11.6 Å². The zero-order chi connectivity index (χ0) is 10.8. The van der Waals surface area contributed by atoms with Crippen molar-refractivity contribution in [2.24, 2.45) is 0 Å². The van der Waals surface area contributed by atoms with Crippen molar-refractivity contribution < 1.29 is 9.90 Å². The fourth-order valence-electron chi connectivity index (χ4n) is 1.22. The number of anilines is 1. The van der Waals surface area contributed by atoms with Crippen molar-refractivity contribution in [1.82, 2.24) is 0 Å². The number of para-hydroxylation sites is 1. The minimum absolute atomic E-state index is 0.569. The van der Waals surface area contributed by atoms with Gasteiger partial charge in [0.15, 0.2) is 0 Å². The summed E-state index contributed by atoms with van der Waals surface area (Å²) in [7, 11) is 0. The molecule has 0 atom stereocenters. The molecule has 0 fully saturated rings. The van der Waals surface area contributed by atoms with E-state index in [4.69, 9.17) is 16.7 Å². The summed E-state index contributed by atoms with van der Waals surface area (Å²) in [5, 5.41) is 9.00. The average Bonchev–Trinajstić information content (AvgIpc) is 2.02. The van der Waals surface area contributed by atoms with Gasteiger partial charge in [0, 0.05) is 5.69 Å². The topological polar surface area (TPSA) is 40.5 Å². The van der Waals surface area contributed by atoms with Crippen LogP contribution in [-0.4, -0.2) is 16.2 Å². The maximum atomic E-state index is 11.0. The average molecular weight is 214 g/mol. The molecule has 0 aliphatic carbocycles. The number of hydrogen-bond donors (Lipinski definition) is 1. The smallest absolute Gasteiger partial charge is 0.413 e. The lowest BCUT2D eigenvalue weighted by Crippen LogP contribution is -2.43. The van der Waals surface area contributed by atoms with E-state index in [1.165, 1.54) is 0 Å². The van der Waals surface area contributed by atoms with Crippen LogP contribution < -0.4 is 4.90 Å². The third-order valence-electron chi connectivity index (χ3n) is 1.74. The lowest BCUT2D eigenvalue weighted by molar-refractivity contribution is 0.198. The molecule has 0 aliphatic rings. The first kappa shape index (κ1) is 10.9. The molecule has 0 heterocycles. The van der Waals surface area contributed by atoms with E-state index in [9.17, 15) is 4.79 Å². The Balaban J connectivity index is 3.08. The van der Waals surface area contributed by atoms with Gasteiger partial charge in [0.05, 0.1) is 0 Å². The molecule has 4 heteroatoms. The van der Waals surface area contributed by atoms with Gasteiger partial charge in [0.25, 0.3) is 0 Å². The summed E-state index contributed by atoms with van der Waals surface area (Å²) in [5.74, 6) is 0. The first-order valence-electron chi connectivity index (χ1n) is 4.20. The van der Waals surface area contributed by atoms with Crippen molar-refractivity contribution in [2.45, 2.75) is 18.8 Å². The van der Waals surface area contributed by atoms with Crippen molar-refractivity contribution in [3.8, 4) is 0 Å². The molecule has 0 saturated heterocycles. The predicted molar refractivity (Wildman–Crippen MR) is 56.9 cm³/mol. The molecule has 1 N–H and O–H groups in total. The number of alkyl halides is 1. The second-order valence-corrected chi connectivity index (χ2v) is 4.29. The normalized spacial score (nSPS) is 11.1. The number of hydrogen-bond acceptors (Lipinski definition) is 1. The standard InChI is InChI=1S/C10H12ClNO2/c1-10(2,11)12(9(13)14)8-6-4-3-5-7-8/h3-7H,1-2H3,(H,13,14). The van der Waals surface area contributed by atoms with E-state index in [-0.39, 0.29) is 0 Å². The summed E-state index contributed by atoms with van der Waals surface area (Å²) < 4.78 is 0. The number of carboxylic acid groups (broad SMARTS) is 1. The van der Waals surface area contributed by atoms with Gasteiger partial charge in [-0.05, 0) is 26.0 Å². The Morgan fingerprint density at radius 3 is 2.21 bits per heavy atom. The summed E-state index contributed by atoms with van der Waals surface area (Å²) in [5.41, 5.74) is 0.569. The fourth-order valence-corrected chi connectivity index (χ4v) is 1.39. The molecule has 76 valence electrons. The minimum Gasteiger partial charge on any atom is -0.465 e. The Kier molecular flexibility index (Phi) is 3.01. The molecule has 1 aromatic carbocycles. The summed E-state index contributed by atoms with van der Waals surface area (Å²) >= 11 is 5.97. The van der Waals surface area contributed by atoms with Gasteiger partial charge in [-0.1, -0.05) is 29.8 Å². The monoisotopic (exact) mass is 213 g/mol. The summed E-state index contributed by atoms with van der Waals surface area (Å²) in [6, 6.07) is 8.78. The molecular weight excluding hydrogens is 202 g/mol. The van der Waals surface area contributed by atoms with Crippen LogP contribution in [0.1, 0.15) is 13.8 Å². The zero-order valence-corrected chi connectivity index (χ0v) is 8.82. The maximum absolute atomic E-state index is 11.0. The highest BCUT2D eigenvalue weighted by Crippen LogP contribution is 2.26. The molecule has 1 rings (SSSR count). The molecule has 0 unspecified atom stereocenters. The van der Waals surface area contributed by atoms with Crippen LogP contribution in [-0.2, 0) is 0 Å². The van der Waals surface area contributed by atoms with Crippen molar-refractivity contribution in [3.63, 3.8) is 0 Å². The van der Waals surface area contributed by atoms with E-state index < -0.39 is 11.1 Å². The number of nitrogens with zero attached hydrogens (tertiary/aromatic N) is 1. The minimum atomic E-state index is -1.06. The first-order valence-corrected chi connectivity index (χ1v) is 4.58. The number of carbonyl (C=O) groups is 1. The number of halogens is 1. The predicted octanol–water partition coefficient (Wildman–Crippen LogP) is 3.15. The zero-order valence-electron chi connectivity index (χ0n) is 8.07. The Labute approximate surface area is 87.9 Å². The molecule has 0 saturated carbocycles. The van der Waals surface area contributed by atoms with E-state index in [0.29, 0.717) is 5.69 Å². The van der Waals surface area contributed by atoms with Crippen LogP contribution in [0, 0.1) is 0 Å². The third-order valence-corrected chi connectivity index (χ3v) is 1.91. The van der Waals surface area contributed by atoms with Gasteiger partial charge in [-0.2, -0.15) is 0 Å². The molecule has 0 aliphatic heterocycles. The van der Waals surface area contributed by atoms with Gasteiger partial charge in [0.1, 0.15) is 5.00 Å². The van der Waals surface area contributed by atoms with Crippen LogP contribution in [0.2, 0.25) is 0 Å². The number of amides is 1. The SMILES string of the molecule is CC(C)(Cl)N(C(=O)O)c1ccccc1. The Bertz CT molecular complexity index is 319. The quantitative estimate of drug-likeness (QED) is 0.606. The summed E-state index contributed by atoms with van der Waals surface area (Å²) in [6.45, 7) is 3.27. The van der Waals surface area contributed by atoms with Gasteiger partial charge in [-0.25, -0.2) is 4.79 Å². The van der Waals surface area contributed by atoms with Gasteiger partial charge < -0.3 is 5.11 Å². The number of benzene rings is 1. The van der Waals surface area contributed by atoms with Gasteiger partial charge in [-0.3, -0.25) is 4.90 Å². The highest BCUT2D eigenvalue weighted by Gasteiger charge is 2.29. The Hall–Kier alpha value is -1.22. The summed E-state index contributed by atoms with van der Waals surface area (Å²) in [6.07, 6.45) is -1.06. The van der Waals surface area contributed by atoms with Crippen LogP contribution in [0.4, 0.5) is 10.5 Å². The van der Waals surface area contributed by atoms with Crippen molar-refractivity contribution in [3.05, 3.63) is 30.3 Å². The molecule has 3 nitrogen and oxygen atoms in total. The second kappa shape index (κ2) is 3.88. The molecular formula is C10H12ClNO2. The highest BCUT2D eigenvalue weighted by molar-refractivity contribution is 6.26. The van der Waals surface area contributed by atoms with Gasteiger partial charge in [0.2, 0.25) is 0 Å². The van der Waals surface area contributed by atoms with Crippen molar-refractivity contribution in [1.29, 1.82) is 0 Å². The van der Waals surface area contributed by atoms with Gasteiger partial charge in [-0.15, -0.1) is 0 Å². The molecule has 14 heavy (non-hydrogen) atoms. The van der Waals surface area contributed by atoms with Crippen LogP contribution in [0.25, 0.3) is 0 Å². The van der Waals surface area contributed by atoms with E-state index >= 15 is 0 Å². The molecule has 0 bridgehead atoms. The molecule has 1 aromatic rings. The van der Waals surface area contributed by atoms with Crippen LogP contribution in [0.3, 0.4) is 0 Å². The lowest BCUT2D eigenvalue weighted by atomic mass is 10.2. The fraction of sp³-hybridized carbons (Fsp3) is 0.300. The molecule has 0 spiro atoms. The van der Waals surface area contributed by atoms with Crippen LogP contribution in [0.5, 0.6) is 0 Å². The van der Waals surface area contributed by atoms with Crippen molar-refractivity contribution >= 4 is 23.4 Å². The maximum Gasteiger partial charge on any atom is 0.413 e. The van der Waals surface area contributed by atoms with E-state index in [1.807, 2.05) is 6.07 Å². The third kappa shape index (κ3) is 2.39. The molecule has 0 radical (unpaired) electrons. The lowest BCUT2D eigenvalue weighted by Gasteiger charge is -2.30.